The molecule has 5 atom stereocenters. The molecule has 2 saturated carbocycles. The van der Waals surface area contributed by atoms with Gasteiger partial charge in [-0.05, 0) is 55.9 Å². The number of allylic oxidation sites excluding steroid dienone is 2. The van der Waals surface area contributed by atoms with Crippen LogP contribution in [0.4, 0.5) is 4.79 Å². The summed E-state index contributed by atoms with van der Waals surface area (Å²) in [5, 5.41) is 2.74. The zero-order chi connectivity index (χ0) is 35.1. The molecule has 0 aromatic heterocycles. The molecule has 2 aliphatic carbocycles. The SMILES string of the molecule is [CH2+]C1(S(=O)(=O)NC(=O)[C@]23CC(=O)[C@@H]4C[C@H](OS(=O)(=O)c5ccc(Br)cc5)CN4C(=O)[C@@H](NC(=O)N(C)C)CCCCC/C=C\[C@H]2C3)CC1. The average molecular weight is 771 g/mol. The number of nitrogens with one attached hydrogen (secondary N) is 2. The Bertz CT molecular complexity index is 1690. The van der Waals surface area contributed by atoms with E-state index < -0.39 is 78.0 Å². The van der Waals surface area contributed by atoms with E-state index >= 15 is 0 Å². The normalized spacial score (nSPS) is 29.8. The number of urea groups is 1. The van der Waals surface area contributed by atoms with Crippen molar-refractivity contribution in [2.75, 3.05) is 20.6 Å². The van der Waals surface area contributed by atoms with Crippen molar-refractivity contribution in [3.63, 3.8) is 0 Å². The number of amides is 4. The zero-order valence-electron chi connectivity index (χ0n) is 27.0. The Labute approximate surface area is 290 Å². The van der Waals surface area contributed by atoms with Gasteiger partial charge in [0.15, 0.2) is 5.78 Å². The fourth-order valence-electron chi connectivity index (χ4n) is 6.33. The third-order valence-corrected chi connectivity index (χ3v) is 13.6. The number of benzene rings is 1. The lowest BCUT2D eigenvalue weighted by molar-refractivity contribution is -0.140. The molecule has 0 unspecified atom stereocenters. The van der Waals surface area contributed by atoms with E-state index in [2.05, 4.69) is 32.9 Å². The van der Waals surface area contributed by atoms with Gasteiger partial charge in [-0.15, -0.1) is 0 Å². The lowest BCUT2D eigenvalue weighted by Crippen LogP contribution is -2.54. The molecular weight excluding hydrogens is 728 g/mol. The fraction of sp³-hybridized carbons (Fsp3) is 0.594. The Hall–Kier alpha value is -2.95. The maximum atomic E-state index is 14.2. The molecule has 0 spiro atoms. The van der Waals surface area contributed by atoms with E-state index in [1.807, 2.05) is 12.2 Å². The van der Waals surface area contributed by atoms with Crippen LogP contribution >= 0.6 is 15.9 Å². The second kappa shape index (κ2) is 13.8. The van der Waals surface area contributed by atoms with Gasteiger partial charge < -0.3 is 15.1 Å². The minimum atomic E-state index is -4.29. The van der Waals surface area contributed by atoms with Crippen molar-refractivity contribution in [2.45, 2.75) is 92.0 Å². The van der Waals surface area contributed by atoms with Gasteiger partial charge in [0.25, 0.3) is 20.1 Å². The Morgan fingerprint density at radius 3 is 2.40 bits per heavy atom. The van der Waals surface area contributed by atoms with E-state index in [0.717, 1.165) is 12.8 Å². The van der Waals surface area contributed by atoms with Crippen molar-refractivity contribution in [3.05, 3.63) is 47.8 Å². The summed E-state index contributed by atoms with van der Waals surface area (Å²) in [7, 11) is -5.30. The maximum Gasteiger partial charge on any atom is 0.317 e. The summed E-state index contributed by atoms with van der Waals surface area (Å²) in [5.41, 5.74) is -1.36. The molecule has 5 rings (SSSR count). The molecule has 4 aliphatic rings. The van der Waals surface area contributed by atoms with Crippen LogP contribution in [0.15, 0.2) is 45.8 Å². The lowest BCUT2D eigenvalue weighted by Gasteiger charge is -2.30. The summed E-state index contributed by atoms with van der Waals surface area (Å²) < 4.78 is 59.5. The van der Waals surface area contributed by atoms with Gasteiger partial charge in [0.2, 0.25) is 16.6 Å². The summed E-state index contributed by atoms with van der Waals surface area (Å²) >= 11 is 3.27. The molecule has 0 radical (unpaired) electrons. The lowest BCUT2D eigenvalue weighted by atomic mass is 9.91. The number of nitrogens with zero attached hydrogens (tertiary/aromatic N) is 2. The molecule has 1 aromatic carbocycles. The zero-order valence-corrected chi connectivity index (χ0v) is 30.2. The molecule has 0 bridgehead atoms. The quantitative estimate of drug-likeness (QED) is 0.240. The van der Waals surface area contributed by atoms with Crippen LogP contribution in [0.5, 0.6) is 0 Å². The van der Waals surface area contributed by atoms with Crippen molar-refractivity contribution >= 4 is 59.7 Å². The summed E-state index contributed by atoms with van der Waals surface area (Å²) in [5.74, 6) is -2.28. The number of halogens is 1. The van der Waals surface area contributed by atoms with Gasteiger partial charge in [-0.1, -0.05) is 40.9 Å². The molecule has 1 aromatic rings. The van der Waals surface area contributed by atoms with Gasteiger partial charge in [0, 0.05) is 50.8 Å². The minimum absolute atomic E-state index is 0.104. The van der Waals surface area contributed by atoms with Crippen molar-refractivity contribution in [3.8, 4) is 0 Å². The molecule has 16 heteroatoms. The van der Waals surface area contributed by atoms with E-state index in [-0.39, 0.29) is 30.7 Å². The predicted molar refractivity (Wildman–Crippen MR) is 179 cm³/mol. The van der Waals surface area contributed by atoms with E-state index in [4.69, 9.17) is 4.18 Å². The number of carbonyl (C=O) groups excluding carboxylic acids is 4. The molecule has 2 heterocycles. The van der Waals surface area contributed by atoms with E-state index in [1.54, 1.807) is 12.1 Å². The summed E-state index contributed by atoms with van der Waals surface area (Å²) in [6.07, 6.45) is 6.11. The Morgan fingerprint density at radius 1 is 1.06 bits per heavy atom. The number of sulfonamides is 1. The van der Waals surface area contributed by atoms with Crippen LogP contribution in [0.1, 0.15) is 64.2 Å². The molecule has 262 valence electrons. The Balaban J connectivity index is 1.45. The standard InChI is InChI=1S/C32H41BrN4O9S2/c1-31(15-16-31)48(44,45)35-29(40)32-18-21(32)9-7-5-4-6-8-10-25(34-30(41)36(2)3)28(39)37-20-23(17-26(37)27(38)19-32)46-47(42,43)24-13-11-22(33)12-14-24/h7,9,11-14,21,23,25-26H,1,4-6,8,10,15-20H2,2-3H3,(H-,34,35,40,41)/p+1/b9-7-/t21-,23-,25-,26-,32+/m0/s1. The topological polar surface area (TPSA) is 176 Å². The third kappa shape index (κ3) is 7.76. The number of Topliss-reactive ketones (excluding diaryl/α,β-unsaturated/α-hetero) is 1. The van der Waals surface area contributed by atoms with Crippen LogP contribution in [0.3, 0.4) is 0 Å². The maximum absolute atomic E-state index is 14.2. The fourth-order valence-corrected chi connectivity index (χ4v) is 8.98. The van der Waals surface area contributed by atoms with Crippen molar-refractivity contribution in [1.29, 1.82) is 0 Å². The van der Waals surface area contributed by atoms with Crippen molar-refractivity contribution in [2.24, 2.45) is 11.3 Å². The largest absolute Gasteiger partial charge is 0.331 e. The summed E-state index contributed by atoms with van der Waals surface area (Å²) in [6, 6.07) is 3.15. The molecule has 13 nitrogen and oxygen atoms in total. The predicted octanol–water partition coefficient (Wildman–Crippen LogP) is 3.06. The number of rotatable bonds is 7. The van der Waals surface area contributed by atoms with Crippen LogP contribution in [0.2, 0.25) is 0 Å². The highest BCUT2D eigenvalue weighted by Gasteiger charge is 2.64. The van der Waals surface area contributed by atoms with Crippen LogP contribution in [0, 0.1) is 18.3 Å². The number of hydrogen-bond donors (Lipinski definition) is 2. The second-order valence-corrected chi connectivity index (χ2v) is 18.1. The van der Waals surface area contributed by atoms with Gasteiger partial charge in [-0.2, -0.15) is 8.42 Å². The first-order chi connectivity index (χ1) is 22.5. The Kier molecular flexibility index (Phi) is 10.4. The second-order valence-electron chi connectivity index (χ2n) is 13.6. The summed E-state index contributed by atoms with van der Waals surface area (Å²) in [6.45, 7) is 3.49. The average Bonchev–Trinajstić information content (AvgIpc) is 3.89. The van der Waals surface area contributed by atoms with Crippen molar-refractivity contribution < 1.29 is 40.2 Å². The van der Waals surface area contributed by atoms with Crippen LogP contribution < -0.4 is 10.0 Å². The highest BCUT2D eigenvalue weighted by atomic mass is 79.9. The van der Waals surface area contributed by atoms with Crippen molar-refractivity contribution in [1.82, 2.24) is 19.8 Å². The molecule has 48 heavy (non-hydrogen) atoms. The van der Waals surface area contributed by atoms with Gasteiger partial charge >= 0.3 is 6.03 Å². The first-order valence-corrected chi connectivity index (χ1v) is 19.8. The van der Waals surface area contributed by atoms with E-state index in [1.165, 1.54) is 36.0 Å². The minimum Gasteiger partial charge on any atom is -0.331 e. The highest BCUT2D eigenvalue weighted by molar-refractivity contribution is 9.10. The molecule has 1 saturated heterocycles. The number of hydrogen-bond acceptors (Lipinski definition) is 9. The van der Waals surface area contributed by atoms with Crippen LogP contribution in [0.25, 0.3) is 0 Å². The molecule has 2 N–H and O–H groups in total. The number of ketones is 1. The monoisotopic (exact) mass is 769 g/mol. The van der Waals surface area contributed by atoms with Gasteiger partial charge in [0.1, 0.15) is 6.04 Å². The first kappa shape index (κ1) is 36.3. The third-order valence-electron chi connectivity index (χ3n) is 9.70. The number of fused-ring (bicyclic) bond motifs is 2. The Morgan fingerprint density at radius 2 is 1.75 bits per heavy atom. The molecule has 3 fully saturated rings. The molecule has 2 aliphatic heterocycles. The van der Waals surface area contributed by atoms with Gasteiger partial charge in [-0.25, -0.2) is 17.9 Å². The first-order valence-electron chi connectivity index (χ1n) is 16.1. The van der Waals surface area contributed by atoms with E-state index in [0.29, 0.717) is 36.6 Å². The molecular formula is C32H42BrN4O9S2+. The number of carbonyl (C=O) groups is 4. The smallest absolute Gasteiger partial charge is 0.317 e. The highest BCUT2D eigenvalue weighted by Crippen LogP contribution is 2.57. The van der Waals surface area contributed by atoms with Gasteiger partial charge in [0.05, 0.1) is 29.4 Å². The van der Waals surface area contributed by atoms with Crippen LogP contribution in [-0.4, -0.2) is 93.8 Å². The van der Waals surface area contributed by atoms with Gasteiger partial charge in [-0.3, -0.25) is 18.6 Å². The van der Waals surface area contributed by atoms with Crippen LogP contribution in [-0.2, 0) is 38.7 Å². The summed E-state index contributed by atoms with van der Waals surface area (Å²) in [4.78, 5) is 57.1. The molecule has 4 amide bonds. The van der Waals surface area contributed by atoms with E-state index in [9.17, 15) is 36.0 Å².